The Morgan fingerprint density at radius 2 is 1.65 bits per heavy atom. The number of nitrogens with zero attached hydrogens (tertiary/aromatic N) is 1. The van der Waals surface area contributed by atoms with Crippen molar-refractivity contribution in [3.63, 3.8) is 0 Å². The SMILES string of the molecule is CCc1ccc(NC(=O)COC(=O)[C@H](C)N2C(=O)[C@@H]3[C@H]4C[C@@H]([C@@H](Br)[C@H]4Br)[C@H]3C2=O)cc1. The van der Waals surface area contributed by atoms with Crippen molar-refractivity contribution in [3.05, 3.63) is 29.8 Å². The minimum Gasteiger partial charge on any atom is -0.454 e. The van der Waals surface area contributed by atoms with Crippen LogP contribution >= 0.6 is 31.9 Å². The molecule has 166 valence electrons. The van der Waals surface area contributed by atoms with E-state index in [2.05, 4.69) is 37.2 Å². The van der Waals surface area contributed by atoms with Gasteiger partial charge < -0.3 is 10.1 Å². The second kappa shape index (κ2) is 8.65. The number of halogens is 2. The number of benzene rings is 1. The first kappa shape index (κ1) is 22.5. The zero-order valence-electron chi connectivity index (χ0n) is 17.2. The highest BCUT2D eigenvalue weighted by molar-refractivity contribution is 9.12. The summed E-state index contributed by atoms with van der Waals surface area (Å²) in [5.74, 6) is -2.49. The third-order valence-corrected chi connectivity index (χ3v) is 9.95. The maximum absolute atomic E-state index is 13.0. The summed E-state index contributed by atoms with van der Waals surface area (Å²) in [6, 6.07) is 6.32. The Morgan fingerprint density at radius 1 is 1.10 bits per heavy atom. The predicted octanol–water partition coefficient (Wildman–Crippen LogP) is 2.90. The number of aryl methyl sites for hydroxylation is 1. The quantitative estimate of drug-likeness (QED) is 0.331. The number of esters is 1. The number of carbonyl (C=O) groups excluding carboxylic acids is 4. The van der Waals surface area contributed by atoms with E-state index in [0.717, 1.165) is 23.3 Å². The lowest BCUT2D eigenvalue weighted by Gasteiger charge is -2.28. The van der Waals surface area contributed by atoms with Crippen LogP contribution in [0.1, 0.15) is 25.8 Å². The predicted molar refractivity (Wildman–Crippen MR) is 121 cm³/mol. The fourth-order valence-electron chi connectivity index (χ4n) is 5.14. The lowest BCUT2D eigenvalue weighted by Crippen LogP contribution is -2.45. The van der Waals surface area contributed by atoms with E-state index >= 15 is 0 Å². The third-order valence-electron chi connectivity index (χ3n) is 6.74. The molecule has 4 rings (SSSR count). The number of hydrogen-bond donors (Lipinski definition) is 1. The molecule has 1 saturated heterocycles. The molecule has 2 aliphatic carbocycles. The Labute approximate surface area is 197 Å². The zero-order chi connectivity index (χ0) is 22.4. The van der Waals surface area contributed by atoms with Crippen LogP contribution in [0, 0.1) is 23.7 Å². The summed E-state index contributed by atoms with van der Waals surface area (Å²) in [7, 11) is 0. The van der Waals surface area contributed by atoms with E-state index in [4.69, 9.17) is 4.74 Å². The maximum atomic E-state index is 13.0. The van der Waals surface area contributed by atoms with Crippen LogP contribution in [0.25, 0.3) is 0 Å². The van der Waals surface area contributed by atoms with Crippen molar-refractivity contribution in [2.75, 3.05) is 11.9 Å². The minimum atomic E-state index is -1.07. The molecule has 2 saturated carbocycles. The second-order valence-electron chi connectivity index (χ2n) is 8.43. The third kappa shape index (κ3) is 3.84. The summed E-state index contributed by atoms with van der Waals surface area (Å²) in [5, 5.41) is 2.66. The van der Waals surface area contributed by atoms with Crippen LogP contribution in [0.4, 0.5) is 5.69 Å². The molecule has 0 radical (unpaired) electrons. The summed E-state index contributed by atoms with van der Waals surface area (Å²) in [4.78, 5) is 52.0. The molecular formula is C22H24Br2N2O5. The van der Waals surface area contributed by atoms with E-state index in [1.165, 1.54) is 6.92 Å². The van der Waals surface area contributed by atoms with Crippen LogP contribution in [0.3, 0.4) is 0 Å². The number of carbonyl (C=O) groups is 4. The van der Waals surface area contributed by atoms with E-state index in [-0.39, 0.29) is 45.1 Å². The molecule has 0 spiro atoms. The van der Waals surface area contributed by atoms with Gasteiger partial charge in [0.25, 0.3) is 5.91 Å². The van der Waals surface area contributed by atoms with E-state index in [0.29, 0.717) is 5.69 Å². The van der Waals surface area contributed by atoms with Gasteiger partial charge in [-0.3, -0.25) is 19.3 Å². The van der Waals surface area contributed by atoms with Crippen LogP contribution in [0.2, 0.25) is 0 Å². The van der Waals surface area contributed by atoms with Gasteiger partial charge in [0, 0.05) is 15.3 Å². The van der Waals surface area contributed by atoms with Gasteiger partial charge in [-0.25, -0.2) is 4.79 Å². The highest BCUT2D eigenvalue weighted by Gasteiger charge is 2.67. The molecule has 1 aliphatic heterocycles. The molecule has 3 aliphatic rings. The highest BCUT2D eigenvalue weighted by Crippen LogP contribution is 2.60. The molecule has 1 N–H and O–H groups in total. The van der Waals surface area contributed by atoms with E-state index in [9.17, 15) is 19.2 Å². The number of alkyl halides is 2. The molecule has 31 heavy (non-hydrogen) atoms. The molecule has 7 atom stereocenters. The summed E-state index contributed by atoms with van der Waals surface area (Å²) < 4.78 is 5.11. The summed E-state index contributed by atoms with van der Waals surface area (Å²) in [6.45, 7) is 3.03. The Balaban J connectivity index is 1.34. The highest BCUT2D eigenvalue weighted by atomic mass is 79.9. The van der Waals surface area contributed by atoms with Gasteiger partial charge in [-0.05, 0) is 49.3 Å². The van der Waals surface area contributed by atoms with E-state index in [1.54, 1.807) is 12.1 Å². The van der Waals surface area contributed by atoms with Crippen molar-refractivity contribution >= 4 is 61.2 Å². The van der Waals surface area contributed by atoms with Crippen LogP contribution in [-0.2, 0) is 30.3 Å². The van der Waals surface area contributed by atoms with Gasteiger partial charge in [0.05, 0.1) is 11.8 Å². The number of fused-ring (bicyclic) bond motifs is 5. The average Bonchev–Trinajstić information content (AvgIpc) is 3.37. The van der Waals surface area contributed by atoms with Crippen molar-refractivity contribution < 1.29 is 23.9 Å². The number of ether oxygens (including phenoxy) is 1. The number of amides is 3. The van der Waals surface area contributed by atoms with Gasteiger partial charge in [-0.1, -0.05) is 50.9 Å². The Kier molecular flexibility index (Phi) is 6.27. The molecule has 2 bridgehead atoms. The molecule has 9 heteroatoms. The average molecular weight is 556 g/mol. The van der Waals surface area contributed by atoms with Crippen molar-refractivity contribution in [1.82, 2.24) is 4.90 Å². The van der Waals surface area contributed by atoms with Crippen molar-refractivity contribution in [2.24, 2.45) is 23.7 Å². The number of imide groups is 1. The van der Waals surface area contributed by atoms with Gasteiger partial charge in [0.2, 0.25) is 11.8 Å². The monoisotopic (exact) mass is 554 g/mol. The molecule has 0 aromatic heterocycles. The first-order chi connectivity index (χ1) is 14.7. The number of nitrogens with one attached hydrogen (secondary N) is 1. The van der Waals surface area contributed by atoms with Crippen LogP contribution < -0.4 is 5.32 Å². The van der Waals surface area contributed by atoms with Gasteiger partial charge in [-0.2, -0.15) is 0 Å². The first-order valence-electron chi connectivity index (χ1n) is 10.4. The number of rotatable bonds is 6. The minimum absolute atomic E-state index is 0.0777. The van der Waals surface area contributed by atoms with Gasteiger partial charge >= 0.3 is 5.97 Å². The zero-order valence-corrected chi connectivity index (χ0v) is 20.4. The van der Waals surface area contributed by atoms with E-state index in [1.807, 2.05) is 19.1 Å². The van der Waals surface area contributed by atoms with Crippen LogP contribution in [0.5, 0.6) is 0 Å². The standard InChI is InChI=1S/C22H24Br2N2O5/c1-3-11-4-6-12(7-5-11)25-15(27)9-31-22(30)10(2)26-20(28)16-13-8-14(17(16)21(26)29)19(24)18(13)23/h4-7,10,13-14,16-19H,3,8-9H2,1-2H3,(H,25,27)/t10-,13+,14+,16+,17+,18-,19+/m0/s1. The Morgan fingerprint density at radius 3 is 2.16 bits per heavy atom. The van der Waals surface area contributed by atoms with Gasteiger partial charge in [0.1, 0.15) is 6.04 Å². The maximum Gasteiger partial charge on any atom is 0.329 e. The number of anilines is 1. The Bertz CT molecular complexity index is 889. The Hall–Kier alpha value is -1.74. The van der Waals surface area contributed by atoms with Crippen LogP contribution in [0.15, 0.2) is 24.3 Å². The molecule has 1 heterocycles. The normalized spacial score (nSPS) is 32.2. The molecule has 7 nitrogen and oxygen atoms in total. The summed E-state index contributed by atoms with van der Waals surface area (Å²) in [5.41, 5.74) is 1.75. The summed E-state index contributed by atoms with van der Waals surface area (Å²) in [6.07, 6.45) is 1.72. The second-order valence-corrected chi connectivity index (χ2v) is 10.5. The summed E-state index contributed by atoms with van der Waals surface area (Å²) >= 11 is 7.28. The lowest BCUT2D eigenvalue weighted by molar-refractivity contribution is -0.159. The fourth-order valence-corrected chi connectivity index (χ4v) is 7.01. The molecule has 3 fully saturated rings. The lowest BCUT2D eigenvalue weighted by atomic mass is 9.81. The molecule has 3 amide bonds. The van der Waals surface area contributed by atoms with Gasteiger partial charge in [0.15, 0.2) is 6.61 Å². The first-order valence-corrected chi connectivity index (χ1v) is 12.3. The molecule has 1 aromatic rings. The van der Waals surface area contributed by atoms with Crippen molar-refractivity contribution in [2.45, 2.75) is 42.4 Å². The molecular weight excluding hydrogens is 532 g/mol. The van der Waals surface area contributed by atoms with Crippen molar-refractivity contribution in [1.29, 1.82) is 0 Å². The smallest absolute Gasteiger partial charge is 0.329 e. The van der Waals surface area contributed by atoms with Crippen LogP contribution in [-0.4, -0.2) is 50.9 Å². The number of hydrogen-bond acceptors (Lipinski definition) is 5. The van der Waals surface area contributed by atoms with Gasteiger partial charge in [-0.15, -0.1) is 0 Å². The number of likely N-dealkylation sites (tertiary alicyclic amines) is 1. The molecule has 1 aromatic carbocycles. The molecule has 0 unspecified atom stereocenters. The largest absolute Gasteiger partial charge is 0.454 e. The van der Waals surface area contributed by atoms with Crippen molar-refractivity contribution in [3.8, 4) is 0 Å². The fraction of sp³-hybridized carbons (Fsp3) is 0.545. The van der Waals surface area contributed by atoms with E-state index < -0.39 is 24.5 Å². The topological polar surface area (TPSA) is 92.8 Å².